The van der Waals surface area contributed by atoms with Crippen LogP contribution in [0.25, 0.3) is 0 Å². The predicted octanol–water partition coefficient (Wildman–Crippen LogP) is 3.78. The maximum atomic E-state index is 12.3. The van der Waals surface area contributed by atoms with Crippen LogP contribution in [0.5, 0.6) is 0 Å². The van der Waals surface area contributed by atoms with Crippen molar-refractivity contribution in [3.8, 4) is 5.40 Å². The average molecular weight is 361 g/mol. The van der Waals surface area contributed by atoms with Crippen molar-refractivity contribution in [2.45, 2.75) is 43.8 Å². The SMILES string of the molecule is Cc1cc(SC#N)cc(C)c1NC(=O)CSc1nncn1C(C)C. The van der Waals surface area contributed by atoms with Gasteiger partial charge in [-0.15, -0.1) is 10.2 Å². The fourth-order valence-electron chi connectivity index (χ4n) is 2.23. The quantitative estimate of drug-likeness (QED) is 0.623. The van der Waals surface area contributed by atoms with Gasteiger partial charge < -0.3 is 9.88 Å². The number of amides is 1. The van der Waals surface area contributed by atoms with Crippen LogP contribution in [0.4, 0.5) is 5.69 Å². The van der Waals surface area contributed by atoms with E-state index in [4.69, 9.17) is 5.26 Å². The molecule has 1 N–H and O–H groups in total. The Morgan fingerprint density at radius 1 is 1.38 bits per heavy atom. The van der Waals surface area contributed by atoms with Crippen LogP contribution in [0, 0.1) is 24.5 Å². The first-order valence-corrected chi connectivity index (χ1v) is 9.22. The largest absolute Gasteiger partial charge is 0.325 e. The fraction of sp³-hybridized carbons (Fsp3) is 0.375. The monoisotopic (exact) mass is 361 g/mol. The van der Waals surface area contributed by atoms with E-state index in [2.05, 4.69) is 20.9 Å². The second kappa shape index (κ2) is 8.22. The van der Waals surface area contributed by atoms with Crippen molar-refractivity contribution in [1.29, 1.82) is 5.26 Å². The molecule has 0 atom stereocenters. The van der Waals surface area contributed by atoms with Crippen molar-refractivity contribution in [2.75, 3.05) is 11.1 Å². The van der Waals surface area contributed by atoms with Crippen LogP contribution in [-0.2, 0) is 4.79 Å². The highest BCUT2D eigenvalue weighted by Crippen LogP contribution is 2.28. The Balaban J connectivity index is 2.02. The summed E-state index contributed by atoms with van der Waals surface area (Å²) in [6.07, 6.45) is 1.67. The summed E-state index contributed by atoms with van der Waals surface area (Å²) in [7, 11) is 0. The van der Waals surface area contributed by atoms with Gasteiger partial charge in [0, 0.05) is 16.6 Å². The number of benzene rings is 1. The third-order valence-corrected chi connectivity index (χ3v) is 4.88. The molecule has 24 heavy (non-hydrogen) atoms. The van der Waals surface area contributed by atoms with Gasteiger partial charge in [0.25, 0.3) is 0 Å². The third kappa shape index (κ3) is 4.52. The van der Waals surface area contributed by atoms with Crippen molar-refractivity contribution in [1.82, 2.24) is 14.8 Å². The number of aromatic nitrogens is 3. The van der Waals surface area contributed by atoms with Crippen LogP contribution in [0.15, 0.2) is 28.5 Å². The van der Waals surface area contributed by atoms with E-state index in [0.29, 0.717) is 0 Å². The summed E-state index contributed by atoms with van der Waals surface area (Å²) in [6.45, 7) is 7.93. The molecule has 8 heteroatoms. The van der Waals surface area contributed by atoms with Gasteiger partial charge in [-0.2, -0.15) is 5.26 Å². The molecule has 0 aliphatic carbocycles. The molecule has 0 unspecified atom stereocenters. The van der Waals surface area contributed by atoms with Crippen LogP contribution < -0.4 is 5.32 Å². The highest BCUT2D eigenvalue weighted by atomic mass is 32.2. The Morgan fingerprint density at radius 2 is 2.04 bits per heavy atom. The fourth-order valence-corrected chi connectivity index (χ4v) is 3.65. The van der Waals surface area contributed by atoms with Gasteiger partial charge in [-0.3, -0.25) is 4.79 Å². The molecule has 0 aliphatic rings. The highest BCUT2D eigenvalue weighted by Gasteiger charge is 2.13. The van der Waals surface area contributed by atoms with Crippen LogP contribution >= 0.6 is 23.5 Å². The number of anilines is 1. The molecular weight excluding hydrogens is 342 g/mol. The number of nitrogens with zero attached hydrogens (tertiary/aromatic N) is 4. The first kappa shape index (κ1) is 18.4. The van der Waals surface area contributed by atoms with E-state index in [0.717, 1.165) is 38.6 Å². The lowest BCUT2D eigenvalue weighted by Gasteiger charge is -2.13. The molecule has 126 valence electrons. The van der Waals surface area contributed by atoms with Crippen LogP contribution in [0.3, 0.4) is 0 Å². The Hall–Kier alpha value is -1.98. The van der Waals surface area contributed by atoms with Gasteiger partial charge in [0.2, 0.25) is 5.91 Å². The van der Waals surface area contributed by atoms with Gasteiger partial charge in [-0.05, 0) is 62.7 Å². The summed E-state index contributed by atoms with van der Waals surface area (Å²) >= 11 is 2.48. The van der Waals surface area contributed by atoms with Crippen LogP contribution in [0.1, 0.15) is 31.0 Å². The molecule has 0 fully saturated rings. The molecule has 6 nitrogen and oxygen atoms in total. The molecule has 0 spiro atoms. The predicted molar refractivity (Wildman–Crippen MR) is 97.1 cm³/mol. The van der Waals surface area contributed by atoms with Crippen molar-refractivity contribution in [2.24, 2.45) is 0 Å². The Bertz CT molecular complexity index is 756. The lowest BCUT2D eigenvalue weighted by atomic mass is 10.1. The van der Waals surface area contributed by atoms with Crippen molar-refractivity contribution < 1.29 is 4.79 Å². The summed E-state index contributed by atoms with van der Waals surface area (Å²) < 4.78 is 1.93. The van der Waals surface area contributed by atoms with Crippen molar-refractivity contribution >= 4 is 35.1 Å². The third-order valence-electron chi connectivity index (χ3n) is 3.36. The van der Waals surface area contributed by atoms with E-state index in [1.165, 1.54) is 11.8 Å². The molecule has 2 aromatic rings. The van der Waals surface area contributed by atoms with Crippen molar-refractivity contribution in [3.05, 3.63) is 29.6 Å². The van der Waals surface area contributed by atoms with E-state index >= 15 is 0 Å². The summed E-state index contributed by atoms with van der Waals surface area (Å²) in [5.74, 6) is 0.170. The maximum absolute atomic E-state index is 12.3. The Kier molecular flexibility index (Phi) is 6.29. The van der Waals surface area contributed by atoms with Gasteiger partial charge in [-0.25, -0.2) is 0 Å². The lowest BCUT2D eigenvalue weighted by molar-refractivity contribution is -0.113. The molecule has 0 bridgehead atoms. The highest BCUT2D eigenvalue weighted by molar-refractivity contribution is 8.03. The lowest BCUT2D eigenvalue weighted by Crippen LogP contribution is -2.16. The van der Waals surface area contributed by atoms with Crippen LogP contribution in [-0.4, -0.2) is 26.4 Å². The number of rotatable bonds is 6. The molecule has 0 radical (unpaired) electrons. The normalized spacial score (nSPS) is 10.7. The van der Waals surface area contributed by atoms with E-state index < -0.39 is 0 Å². The van der Waals surface area contributed by atoms with Gasteiger partial charge in [0.05, 0.1) is 5.75 Å². The standard InChI is InChI=1S/C16H19N5OS2/c1-10(2)21-9-18-20-16(21)23-7-14(22)19-15-11(3)5-13(24-8-17)6-12(15)4/h5-6,9-10H,7H2,1-4H3,(H,19,22). The molecule has 0 saturated carbocycles. The minimum atomic E-state index is -0.0924. The van der Waals surface area contributed by atoms with Gasteiger partial charge >= 0.3 is 0 Å². The average Bonchev–Trinajstić information content (AvgIpc) is 2.98. The number of thiocyanates is 1. The number of carbonyl (C=O) groups is 1. The topological polar surface area (TPSA) is 83.6 Å². The molecule has 1 aromatic heterocycles. The summed E-state index contributed by atoms with van der Waals surface area (Å²) in [5.41, 5.74) is 2.68. The summed E-state index contributed by atoms with van der Waals surface area (Å²) in [5, 5.41) is 22.4. The minimum Gasteiger partial charge on any atom is -0.325 e. The van der Waals surface area contributed by atoms with Crippen LogP contribution in [0.2, 0.25) is 0 Å². The number of hydrogen-bond donors (Lipinski definition) is 1. The second-order valence-corrected chi connectivity index (χ2v) is 7.38. The summed E-state index contributed by atoms with van der Waals surface area (Å²) in [4.78, 5) is 13.1. The zero-order chi connectivity index (χ0) is 17.7. The number of aryl methyl sites for hydroxylation is 2. The number of nitriles is 1. The first-order chi connectivity index (χ1) is 11.4. The maximum Gasteiger partial charge on any atom is 0.234 e. The zero-order valence-corrected chi connectivity index (χ0v) is 15.7. The zero-order valence-electron chi connectivity index (χ0n) is 14.0. The number of nitrogens with one attached hydrogen (secondary N) is 1. The molecule has 0 aliphatic heterocycles. The van der Waals surface area contributed by atoms with E-state index in [-0.39, 0.29) is 17.7 Å². The molecule has 1 heterocycles. The van der Waals surface area contributed by atoms with Gasteiger partial charge in [0.1, 0.15) is 11.7 Å². The van der Waals surface area contributed by atoms with E-state index in [9.17, 15) is 4.79 Å². The Morgan fingerprint density at radius 3 is 2.62 bits per heavy atom. The molecular formula is C16H19N5OS2. The van der Waals surface area contributed by atoms with Gasteiger partial charge in [-0.1, -0.05) is 11.8 Å². The summed E-state index contributed by atoms with van der Waals surface area (Å²) in [6, 6.07) is 4.05. The van der Waals surface area contributed by atoms with Gasteiger partial charge in [0.15, 0.2) is 5.16 Å². The van der Waals surface area contributed by atoms with E-state index in [1.54, 1.807) is 6.33 Å². The van der Waals surface area contributed by atoms with E-state index in [1.807, 2.05) is 44.4 Å². The number of carbonyl (C=O) groups excluding carboxylic acids is 1. The second-order valence-electron chi connectivity index (χ2n) is 5.58. The number of thioether (sulfide) groups is 2. The molecule has 2 rings (SSSR count). The Labute approximate surface area is 150 Å². The number of hydrogen-bond acceptors (Lipinski definition) is 6. The minimum absolute atomic E-state index is 0.0924. The molecule has 0 saturated heterocycles. The van der Waals surface area contributed by atoms with Crippen molar-refractivity contribution in [3.63, 3.8) is 0 Å². The first-order valence-electron chi connectivity index (χ1n) is 7.41. The molecule has 1 aromatic carbocycles. The smallest absolute Gasteiger partial charge is 0.234 e. The molecule has 1 amide bonds.